The Morgan fingerprint density at radius 1 is 1.06 bits per heavy atom. The van der Waals surface area contributed by atoms with E-state index in [4.69, 9.17) is 19.8 Å². The molecule has 0 unspecified atom stereocenters. The maximum absolute atomic E-state index is 12.3. The van der Waals surface area contributed by atoms with Gasteiger partial charge in [-0.2, -0.15) is 31.4 Å². The van der Waals surface area contributed by atoms with E-state index in [-0.39, 0.29) is 23.9 Å². The number of hydrogen-bond donors (Lipinski definition) is 4. The number of carbonyl (C=O) groups is 4. The minimum absolute atomic E-state index is 0.0122. The Bertz CT molecular complexity index is 851. The number of aromatic amines is 1. The van der Waals surface area contributed by atoms with Gasteiger partial charge in [-0.25, -0.2) is 9.59 Å². The van der Waals surface area contributed by atoms with E-state index in [0.29, 0.717) is 24.7 Å². The summed E-state index contributed by atoms with van der Waals surface area (Å²) in [7, 11) is 3.63. The molecule has 0 aromatic carbocycles. The third-order valence-corrected chi connectivity index (χ3v) is 5.00. The van der Waals surface area contributed by atoms with Gasteiger partial charge in [-0.05, 0) is 25.5 Å². The fraction of sp³-hybridized carbons (Fsp3) is 0.588. The molecule has 2 amide bonds. The fourth-order valence-corrected chi connectivity index (χ4v) is 3.40. The van der Waals surface area contributed by atoms with Crippen molar-refractivity contribution in [2.45, 2.75) is 30.9 Å². The van der Waals surface area contributed by atoms with Crippen LogP contribution in [0.2, 0.25) is 0 Å². The molecular weight excluding hydrogens is 484 g/mol. The number of H-pyrrole nitrogens is 1. The van der Waals surface area contributed by atoms with Crippen LogP contribution in [0.15, 0.2) is 12.3 Å². The normalized spacial score (nSPS) is 22.0. The summed E-state index contributed by atoms with van der Waals surface area (Å²) >= 11 is 0. The lowest BCUT2D eigenvalue weighted by Gasteiger charge is -2.25. The Labute approximate surface area is 187 Å². The summed E-state index contributed by atoms with van der Waals surface area (Å²) in [6.45, 7) is 1.38. The minimum Gasteiger partial charge on any atom is -0.475 e. The first-order valence-corrected chi connectivity index (χ1v) is 9.33. The molecule has 2 aliphatic heterocycles. The van der Waals surface area contributed by atoms with Crippen molar-refractivity contribution < 1.29 is 55.7 Å². The number of alkyl halides is 6. The van der Waals surface area contributed by atoms with Crippen molar-refractivity contribution in [3.8, 4) is 0 Å². The number of hydrogen-bond acceptors (Lipinski definition) is 6. The van der Waals surface area contributed by atoms with Gasteiger partial charge in [-0.1, -0.05) is 0 Å². The van der Waals surface area contributed by atoms with Crippen molar-refractivity contribution in [2.24, 2.45) is 5.92 Å². The van der Waals surface area contributed by atoms with Crippen LogP contribution in [0.1, 0.15) is 16.9 Å². The summed E-state index contributed by atoms with van der Waals surface area (Å²) in [5, 5.41) is 23.5. The number of halogens is 6. The van der Waals surface area contributed by atoms with Gasteiger partial charge in [0, 0.05) is 32.4 Å². The van der Waals surface area contributed by atoms with Crippen molar-refractivity contribution in [3.63, 3.8) is 0 Å². The molecule has 0 radical (unpaired) electrons. The molecule has 3 heterocycles. The number of fused-ring (bicyclic) bond motifs is 1. The number of carboxylic acid groups (broad SMARTS) is 2. The fourth-order valence-electron chi connectivity index (χ4n) is 3.40. The SMILES string of the molecule is CNC(=O)[C@@H]1C[C@H]2CN(C(=O)c3ccn[nH]3)C[C@H]2N1C.O=C(O)C(F)(F)F.O=C(O)C(F)(F)F. The molecule has 192 valence electrons. The zero-order valence-electron chi connectivity index (χ0n) is 17.6. The van der Waals surface area contributed by atoms with Gasteiger partial charge in [0.1, 0.15) is 5.69 Å². The van der Waals surface area contributed by atoms with Crippen LogP contribution in [0.5, 0.6) is 0 Å². The van der Waals surface area contributed by atoms with Crippen molar-refractivity contribution in [2.75, 3.05) is 27.2 Å². The highest BCUT2D eigenvalue weighted by Gasteiger charge is 2.48. The van der Waals surface area contributed by atoms with Gasteiger partial charge < -0.3 is 20.4 Å². The number of likely N-dealkylation sites (N-methyl/N-ethyl adjacent to an activating group) is 2. The maximum Gasteiger partial charge on any atom is 0.490 e. The number of nitrogens with one attached hydrogen (secondary N) is 2. The molecule has 3 atom stereocenters. The molecule has 2 saturated heterocycles. The number of aromatic nitrogens is 2. The summed E-state index contributed by atoms with van der Waals surface area (Å²) in [6.07, 6.45) is -7.77. The highest BCUT2D eigenvalue weighted by atomic mass is 19.4. The standard InChI is InChI=1S/C13H19N5O2.2C2HF3O2/c1-14-12(19)10-5-8-6-18(7-11(8)17(10)2)13(20)9-3-4-15-16-9;2*3-2(4,5)1(6)7/h3-4,8,10-11H,5-7H2,1-2H3,(H,14,19)(H,15,16);2*(H,6,7)/t8-,10-,11+;;/m0../s1. The van der Waals surface area contributed by atoms with E-state index >= 15 is 0 Å². The zero-order chi connectivity index (χ0) is 26.4. The highest BCUT2D eigenvalue weighted by Crippen LogP contribution is 2.35. The second kappa shape index (κ2) is 11.2. The van der Waals surface area contributed by atoms with Gasteiger partial charge >= 0.3 is 24.3 Å². The van der Waals surface area contributed by atoms with E-state index in [9.17, 15) is 35.9 Å². The molecule has 0 aliphatic carbocycles. The molecule has 0 spiro atoms. The lowest BCUT2D eigenvalue weighted by molar-refractivity contribution is -0.193. The van der Waals surface area contributed by atoms with E-state index in [1.807, 2.05) is 11.9 Å². The van der Waals surface area contributed by atoms with E-state index in [0.717, 1.165) is 6.42 Å². The van der Waals surface area contributed by atoms with Crippen molar-refractivity contribution in [3.05, 3.63) is 18.0 Å². The summed E-state index contributed by atoms with van der Waals surface area (Å²) in [4.78, 5) is 45.8. The van der Waals surface area contributed by atoms with Gasteiger partial charge in [0.15, 0.2) is 0 Å². The minimum atomic E-state index is -5.08. The van der Waals surface area contributed by atoms with Crippen molar-refractivity contribution in [1.82, 2.24) is 25.3 Å². The average Bonchev–Trinajstić information content (AvgIpc) is 3.44. The Balaban J connectivity index is 0.000000343. The van der Waals surface area contributed by atoms with Crippen LogP contribution in [-0.4, -0.2) is 106 Å². The number of aliphatic carboxylic acids is 2. The molecule has 0 bridgehead atoms. The van der Waals surface area contributed by atoms with Crippen LogP contribution in [0.4, 0.5) is 26.3 Å². The first kappa shape index (κ1) is 28.7. The molecule has 3 rings (SSSR count). The Morgan fingerprint density at radius 2 is 1.56 bits per heavy atom. The molecular formula is C17H21F6N5O6. The van der Waals surface area contributed by atoms with E-state index in [1.54, 1.807) is 19.3 Å². The predicted octanol–water partition coefficient (Wildman–Crippen LogP) is 0.567. The van der Waals surface area contributed by atoms with E-state index in [2.05, 4.69) is 20.4 Å². The van der Waals surface area contributed by atoms with Gasteiger partial charge in [0.2, 0.25) is 5.91 Å². The quantitative estimate of drug-likeness (QED) is 0.425. The number of nitrogens with zero attached hydrogens (tertiary/aromatic N) is 3. The first-order valence-electron chi connectivity index (χ1n) is 9.33. The summed E-state index contributed by atoms with van der Waals surface area (Å²) < 4.78 is 63.5. The first-order chi connectivity index (χ1) is 15.5. The molecule has 2 fully saturated rings. The Hall–Kier alpha value is -3.37. The molecule has 17 heteroatoms. The third kappa shape index (κ3) is 7.60. The van der Waals surface area contributed by atoms with Crippen LogP contribution < -0.4 is 5.32 Å². The second-order valence-electron chi connectivity index (χ2n) is 7.14. The second-order valence-corrected chi connectivity index (χ2v) is 7.14. The highest BCUT2D eigenvalue weighted by molar-refractivity contribution is 5.92. The molecule has 11 nitrogen and oxygen atoms in total. The summed E-state index contributed by atoms with van der Waals surface area (Å²) in [6, 6.07) is 1.89. The van der Waals surface area contributed by atoms with Gasteiger partial charge in [0.05, 0.1) is 6.04 Å². The van der Waals surface area contributed by atoms with Gasteiger partial charge in [-0.15, -0.1) is 0 Å². The number of rotatable bonds is 2. The van der Waals surface area contributed by atoms with Crippen molar-refractivity contribution in [1.29, 1.82) is 0 Å². The topological polar surface area (TPSA) is 156 Å². The summed E-state index contributed by atoms with van der Waals surface area (Å²) in [5.41, 5.74) is 0.524. The predicted molar refractivity (Wildman–Crippen MR) is 99.4 cm³/mol. The smallest absolute Gasteiger partial charge is 0.475 e. The molecule has 4 N–H and O–H groups in total. The number of likely N-dealkylation sites (tertiary alicyclic amines) is 2. The van der Waals surface area contributed by atoms with Crippen LogP contribution in [-0.2, 0) is 14.4 Å². The number of carboxylic acids is 2. The zero-order valence-corrected chi connectivity index (χ0v) is 17.6. The monoisotopic (exact) mass is 505 g/mol. The van der Waals surface area contributed by atoms with Crippen LogP contribution >= 0.6 is 0 Å². The Kier molecular flexibility index (Phi) is 9.42. The molecule has 2 aliphatic rings. The lowest BCUT2D eigenvalue weighted by Crippen LogP contribution is -2.45. The summed E-state index contributed by atoms with van der Waals surface area (Å²) in [5.74, 6) is -5.09. The lowest BCUT2D eigenvalue weighted by atomic mass is 10.0. The molecule has 1 aromatic heterocycles. The van der Waals surface area contributed by atoms with E-state index < -0.39 is 24.3 Å². The maximum atomic E-state index is 12.3. The number of amides is 2. The van der Waals surface area contributed by atoms with Crippen LogP contribution in [0.25, 0.3) is 0 Å². The molecule has 34 heavy (non-hydrogen) atoms. The van der Waals surface area contributed by atoms with Crippen LogP contribution in [0, 0.1) is 5.92 Å². The van der Waals surface area contributed by atoms with Crippen molar-refractivity contribution >= 4 is 23.8 Å². The number of carbonyl (C=O) groups excluding carboxylic acids is 2. The van der Waals surface area contributed by atoms with Crippen LogP contribution in [0.3, 0.4) is 0 Å². The third-order valence-electron chi connectivity index (χ3n) is 5.00. The van der Waals surface area contributed by atoms with Gasteiger partial charge in [-0.3, -0.25) is 19.6 Å². The van der Waals surface area contributed by atoms with E-state index in [1.165, 1.54) is 0 Å². The Morgan fingerprint density at radius 3 is 1.91 bits per heavy atom. The van der Waals surface area contributed by atoms with Gasteiger partial charge in [0.25, 0.3) is 5.91 Å². The average molecular weight is 505 g/mol. The molecule has 1 aromatic rings. The molecule has 0 saturated carbocycles. The largest absolute Gasteiger partial charge is 0.490 e.